The molecule has 0 aliphatic rings. The van der Waals surface area contributed by atoms with E-state index in [-0.39, 0.29) is 0 Å². The molecule has 0 unspecified atom stereocenters. The number of hydrogen-bond acceptors (Lipinski definition) is 1. The van der Waals surface area contributed by atoms with Gasteiger partial charge in [0, 0.05) is 0 Å². The summed E-state index contributed by atoms with van der Waals surface area (Å²) in [5.41, 5.74) is 0.500. The molecule has 0 radical (unpaired) electrons. The molecular formula is C17H44S. The quantitative estimate of drug-likeness (QED) is 0.446. The van der Waals surface area contributed by atoms with Crippen LogP contribution < -0.4 is 0 Å². The van der Waals surface area contributed by atoms with Crippen LogP contribution in [0.15, 0.2) is 0 Å². The van der Waals surface area contributed by atoms with Gasteiger partial charge in [-0.1, -0.05) is 83.1 Å². The second-order valence-electron chi connectivity index (χ2n) is 5.66. The van der Waals surface area contributed by atoms with Gasteiger partial charge in [0.25, 0.3) is 0 Å². The summed E-state index contributed by atoms with van der Waals surface area (Å²) in [5, 5.41) is 0. The van der Waals surface area contributed by atoms with E-state index in [0.717, 1.165) is 11.8 Å². The summed E-state index contributed by atoms with van der Waals surface area (Å²) in [5.74, 6) is 1.63. The van der Waals surface area contributed by atoms with Gasteiger partial charge in [-0.05, 0) is 29.8 Å². The zero-order chi connectivity index (χ0) is 16.4. The fourth-order valence-corrected chi connectivity index (χ4v) is 0. The zero-order valence-electron chi connectivity index (χ0n) is 16.1. The summed E-state index contributed by atoms with van der Waals surface area (Å²) < 4.78 is 0. The third-order valence-corrected chi connectivity index (χ3v) is 1.73. The standard InChI is InChI=1S/C7H16.C4H10.C2H6S.2C2H6/c1-6(2)7(3,4)5;1-4(2)3;1-3-2;2*1-2/h6H,1-5H3;4H,1-3H3;1-2H3;2*1-2H3. The second kappa shape index (κ2) is 26.0. The van der Waals surface area contributed by atoms with Crippen molar-refractivity contribution in [2.45, 2.75) is 83.1 Å². The van der Waals surface area contributed by atoms with E-state index >= 15 is 0 Å². The second-order valence-corrected chi connectivity index (χ2v) is 6.48. The Kier molecular flexibility index (Phi) is 44.8. The minimum Gasteiger partial charge on any atom is -0.169 e. The molecule has 0 aromatic heterocycles. The first-order chi connectivity index (χ1) is 8.09. The lowest BCUT2D eigenvalue weighted by molar-refractivity contribution is 0.283. The lowest BCUT2D eigenvalue weighted by Gasteiger charge is -2.22. The third-order valence-electron chi connectivity index (χ3n) is 1.73. The van der Waals surface area contributed by atoms with Crippen molar-refractivity contribution in [1.29, 1.82) is 0 Å². The Morgan fingerprint density at radius 3 is 0.722 bits per heavy atom. The molecule has 0 fully saturated rings. The molecule has 0 aromatic carbocycles. The van der Waals surface area contributed by atoms with Crippen LogP contribution in [0.25, 0.3) is 0 Å². The molecule has 0 spiro atoms. The van der Waals surface area contributed by atoms with E-state index in [1.807, 2.05) is 40.2 Å². The summed E-state index contributed by atoms with van der Waals surface area (Å²) in [6, 6.07) is 0. The van der Waals surface area contributed by atoms with E-state index in [0.29, 0.717) is 5.41 Å². The van der Waals surface area contributed by atoms with E-state index in [4.69, 9.17) is 0 Å². The molecule has 118 valence electrons. The molecule has 0 aliphatic heterocycles. The Morgan fingerprint density at radius 1 is 0.667 bits per heavy atom. The van der Waals surface area contributed by atoms with Crippen molar-refractivity contribution >= 4 is 11.8 Å². The van der Waals surface area contributed by atoms with E-state index in [1.54, 1.807) is 11.8 Å². The smallest absolute Gasteiger partial charge is 0.0187 e. The van der Waals surface area contributed by atoms with Gasteiger partial charge in [-0.3, -0.25) is 0 Å². The van der Waals surface area contributed by atoms with Gasteiger partial charge in [0.15, 0.2) is 0 Å². The summed E-state index contributed by atoms with van der Waals surface area (Å²) in [7, 11) is 0. The minimum atomic E-state index is 0.500. The highest BCUT2D eigenvalue weighted by atomic mass is 32.2. The van der Waals surface area contributed by atoms with Crippen molar-refractivity contribution in [1.82, 2.24) is 0 Å². The zero-order valence-corrected chi connectivity index (χ0v) is 16.9. The third kappa shape index (κ3) is 95.5. The van der Waals surface area contributed by atoms with Crippen molar-refractivity contribution in [2.24, 2.45) is 17.3 Å². The SMILES string of the molecule is CC.CC.CC(C)C.CC(C)C(C)(C)C.CSC. The number of thioether (sulfide) groups is 1. The largest absolute Gasteiger partial charge is 0.169 e. The van der Waals surface area contributed by atoms with Crippen LogP contribution in [0, 0.1) is 17.3 Å². The summed E-state index contributed by atoms with van der Waals surface area (Å²) in [6.45, 7) is 25.8. The highest BCUT2D eigenvalue weighted by Crippen LogP contribution is 2.23. The Bertz CT molecular complexity index is 85.5. The van der Waals surface area contributed by atoms with Crippen molar-refractivity contribution in [3.8, 4) is 0 Å². The number of hydrogen-bond donors (Lipinski definition) is 0. The van der Waals surface area contributed by atoms with Gasteiger partial charge < -0.3 is 0 Å². The molecule has 0 rings (SSSR count). The molecule has 0 nitrogen and oxygen atoms in total. The van der Waals surface area contributed by atoms with Gasteiger partial charge in [0.2, 0.25) is 0 Å². The molecule has 0 heterocycles. The molecule has 0 aromatic rings. The Labute approximate surface area is 125 Å². The highest BCUT2D eigenvalue weighted by molar-refractivity contribution is 7.97. The monoisotopic (exact) mass is 280 g/mol. The van der Waals surface area contributed by atoms with E-state index in [2.05, 4.69) is 55.4 Å². The Balaban J connectivity index is -0.0000000441. The number of rotatable bonds is 0. The molecule has 18 heavy (non-hydrogen) atoms. The average Bonchev–Trinajstić information content (AvgIpc) is 2.22. The van der Waals surface area contributed by atoms with E-state index < -0.39 is 0 Å². The van der Waals surface area contributed by atoms with E-state index in [1.165, 1.54) is 0 Å². The van der Waals surface area contributed by atoms with Crippen LogP contribution in [-0.4, -0.2) is 12.5 Å². The molecule has 0 aliphatic carbocycles. The Hall–Kier alpha value is 0.350. The van der Waals surface area contributed by atoms with Crippen LogP contribution in [0.2, 0.25) is 0 Å². The summed E-state index contributed by atoms with van der Waals surface area (Å²) in [4.78, 5) is 0. The molecule has 0 saturated heterocycles. The maximum absolute atomic E-state index is 2.26. The van der Waals surface area contributed by atoms with Gasteiger partial charge in [0.1, 0.15) is 0 Å². The van der Waals surface area contributed by atoms with Crippen LogP contribution in [-0.2, 0) is 0 Å². The van der Waals surface area contributed by atoms with E-state index in [9.17, 15) is 0 Å². The van der Waals surface area contributed by atoms with Crippen LogP contribution in [0.4, 0.5) is 0 Å². The van der Waals surface area contributed by atoms with Gasteiger partial charge in [0.05, 0.1) is 0 Å². The van der Waals surface area contributed by atoms with Gasteiger partial charge in [-0.25, -0.2) is 0 Å². The van der Waals surface area contributed by atoms with Crippen molar-refractivity contribution in [3.63, 3.8) is 0 Å². The average molecular weight is 281 g/mol. The minimum absolute atomic E-state index is 0.500. The fourth-order valence-electron chi connectivity index (χ4n) is 0. The normalized spacial score (nSPS) is 8.67. The molecule has 0 amide bonds. The maximum atomic E-state index is 2.26. The molecule has 0 saturated carbocycles. The first-order valence-corrected chi connectivity index (χ1v) is 9.12. The predicted molar refractivity (Wildman–Crippen MR) is 96.9 cm³/mol. The van der Waals surface area contributed by atoms with Gasteiger partial charge >= 0.3 is 0 Å². The first kappa shape index (κ1) is 31.0. The molecule has 0 bridgehead atoms. The van der Waals surface area contributed by atoms with Crippen LogP contribution in [0.5, 0.6) is 0 Å². The summed E-state index contributed by atoms with van der Waals surface area (Å²) >= 11 is 1.75. The van der Waals surface area contributed by atoms with Crippen LogP contribution >= 0.6 is 11.8 Å². The summed E-state index contributed by atoms with van der Waals surface area (Å²) in [6.07, 6.45) is 4.08. The highest BCUT2D eigenvalue weighted by Gasteiger charge is 2.13. The van der Waals surface area contributed by atoms with Gasteiger partial charge in [-0.2, -0.15) is 11.8 Å². The lowest BCUT2D eigenvalue weighted by atomic mass is 9.84. The van der Waals surface area contributed by atoms with Crippen LogP contribution in [0.3, 0.4) is 0 Å². The Morgan fingerprint density at radius 2 is 0.722 bits per heavy atom. The molecular weight excluding hydrogens is 236 g/mol. The molecule has 0 N–H and O–H groups in total. The van der Waals surface area contributed by atoms with Crippen molar-refractivity contribution < 1.29 is 0 Å². The predicted octanol–water partition coefficient (Wildman–Crippen LogP) is 7.38. The van der Waals surface area contributed by atoms with Crippen LogP contribution in [0.1, 0.15) is 83.1 Å². The lowest BCUT2D eigenvalue weighted by Crippen LogP contribution is -2.12. The van der Waals surface area contributed by atoms with Gasteiger partial charge in [-0.15, -0.1) is 0 Å². The maximum Gasteiger partial charge on any atom is -0.0187 e. The molecule has 0 atom stereocenters. The first-order valence-electron chi connectivity index (χ1n) is 7.49. The van der Waals surface area contributed by atoms with Crippen molar-refractivity contribution in [2.75, 3.05) is 12.5 Å². The fraction of sp³-hybridized carbons (Fsp3) is 1.00. The molecule has 1 heteroatoms. The topological polar surface area (TPSA) is 0 Å². The van der Waals surface area contributed by atoms with Crippen molar-refractivity contribution in [3.05, 3.63) is 0 Å².